The Balaban J connectivity index is 2.35. The maximum absolute atomic E-state index is 8.55. The monoisotopic (exact) mass is 167 g/mol. The first-order chi connectivity index (χ1) is 5.74. The second-order valence-electron chi connectivity index (χ2n) is 3.58. The molecule has 0 aromatic rings. The van der Waals surface area contributed by atoms with Crippen LogP contribution in [-0.4, -0.2) is 30.1 Å². The number of hydrogen-bond acceptors (Lipinski definition) is 3. The molecule has 0 aromatic heterocycles. The van der Waals surface area contributed by atoms with Crippen LogP contribution in [0, 0.1) is 11.3 Å². The number of rotatable bonds is 2. The molecule has 12 heavy (non-hydrogen) atoms. The predicted molar refractivity (Wildman–Crippen MR) is 48.5 cm³/mol. The van der Waals surface area contributed by atoms with Gasteiger partial charge in [0.15, 0.2) is 0 Å². The fourth-order valence-electron chi connectivity index (χ4n) is 1.72. The number of piperidine rings is 1. The second kappa shape index (κ2) is 4.44. The Labute approximate surface area is 74.1 Å². The zero-order valence-electron chi connectivity index (χ0n) is 7.66. The zero-order valence-corrected chi connectivity index (χ0v) is 7.66. The minimum atomic E-state index is -0.314. The lowest BCUT2D eigenvalue weighted by Gasteiger charge is -2.33. The van der Waals surface area contributed by atoms with Gasteiger partial charge in [0.2, 0.25) is 0 Å². The Morgan fingerprint density at radius 1 is 1.67 bits per heavy atom. The molecule has 0 radical (unpaired) electrons. The van der Waals surface area contributed by atoms with E-state index in [4.69, 9.17) is 11.0 Å². The molecule has 1 aliphatic heterocycles. The number of nitrogens with two attached hydrogens (primary N) is 1. The van der Waals surface area contributed by atoms with Gasteiger partial charge < -0.3 is 5.73 Å². The van der Waals surface area contributed by atoms with Crippen LogP contribution < -0.4 is 5.73 Å². The molecule has 0 spiro atoms. The SMILES string of the molecule is CC1CCCCN1CC(N)C#N. The van der Waals surface area contributed by atoms with Crippen molar-refractivity contribution in [1.82, 2.24) is 4.90 Å². The topological polar surface area (TPSA) is 53.0 Å². The standard InChI is InChI=1S/C9H17N3/c1-8-4-2-3-5-12(8)7-9(11)6-10/h8-9H,2-5,7,11H2,1H3. The van der Waals surface area contributed by atoms with Crippen LogP contribution in [0.25, 0.3) is 0 Å². The molecule has 2 unspecified atom stereocenters. The summed E-state index contributed by atoms with van der Waals surface area (Å²) in [5, 5.41) is 8.55. The van der Waals surface area contributed by atoms with Crippen LogP contribution in [0.15, 0.2) is 0 Å². The summed E-state index contributed by atoms with van der Waals surface area (Å²) in [6, 6.07) is 2.36. The smallest absolute Gasteiger partial charge is 0.106 e. The summed E-state index contributed by atoms with van der Waals surface area (Å²) < 4.78 is 0. The lowest BCUT2D eigenvalue weighted by molar-refractivity contribution is 0.158. The number of hydrogen-bond donors (Lipinski definition) is 1. The number of nitrogens with zero attached hydrogens (tertiary/aromatic N) is 2. The van der Waals surface area contributed by atoms with Gasteiger partial charge in [-0.3, -0.25) is 4.90 Å². The highest BCUT2D eigenvalue weighted by atomic mass is 15.2. The molecule has 3 heteroatoms. The van der Waals surface area contributed by atoms with Crippen molar-refractivity contribution in [3.8, 4) is 6.07 Å². The van der Waals surface area contributed by atoms with Gasteiger partial charge in [0, 0.05) is 12.6 Å². The number of nitriles is 1. The molecule has 1 saturated heterocycles. The van der Waals surface area contributed by atoms with Gasteiger partial charge in [-0.25, -0.2) is 0 Å². The molecule has 2 N–H and O–H groups in total. The Morgan fingerprint density at radius 3 is 3.00 bits per heavy atom. The third-order valence-electron chi connectivity index (χ3n) is 2.54. The molecular weight excluding hydrogens is 150 g/mol. The van der Waals surface area contributed by atoms with Crippen molar-refractivity contribution < 1.29 is 0 Å². The molecule has 68 valence electrons. The van der Waals surface area contributed by atoms with E-state index in [1.165, 1.54) is 19.3 Å². The molecule has 0 aromatic carbocycles. The molecule has 0 amide bonds. The van der Waals surface area contributed by atoms with E-state index >= 15 is 0 Å². The zero-order chi connectivity index (χ0) is 8.97. The normalized spacial score (nSPS) is 27.9. The van der Waals surface area contributed by atoms with E-state index < -0.39 is 0 Å². The fraction of sp³-hybridized carbons (Fsp3) is 0.889. The third-order valence-corrected chi connectivity index (χ3v) is 2.54. The number of likely N-dealkylation sites (tertiary alicyclic amines) is 1. The Hall–Kier alpha value is -0.590. The molecule has 2 atom stereocenters. The molecule has 1 fully saturated rings. The predicted octanol–water partition coefficient (Wildman–Crippen LogP) is 0.712. The minimum absolute atomic E-state index is 0.314. The highest BCUT2D eigenvalue weighted by Crippen LogP contribution is 2.15. The van der Waals surface area contributed by atoms with Crippen molar-refractivity contribution in [3.05, 3.63) is 0 Å². The van der Waals surface area contributed by atoms with Crippen molar-refractivity contribution >= 4 is 0 Å². The van der Waals surface area contributed by atoms with Gasteiger partial charge in [0.05, 0.1) is 6.07 Å². The molecule has 0 saturated carbocycles. The van der Waals surface area contributed by atoms with Crippen molar-refractivity contribution in [2.24, 2.45) is 5.73 Å². The van der Waals surface area contributed by atoms with Gasteiger partial charge in [-0.1, -0.05) is 6.42 Å². The van der Waals surface area contributed by atoms with E-state index in [0.29, 0.717) is 6.04 Å². The quantitative estimate of drug-likeness (QED) is 0.659. The lowest BCUT2D eigenvalue weighted by Crippen LogP contribution is -2.44. The molecular formula is C9H17N3. The first-order valence-corrected chi connectivity index (χ1v) is 4.63. The van der Waals surface area contributed by atoms with Crippen LogP contribution in [-0.2, 0) is 0 Å². The highest BCUT2D eigenvalue weighted by Gasteiger charge is 2.19. The summed E-state index contributed by atoms with van der Waals surface area (Å²) in [7, 11) is 0. The Morgan fingerprint density at radius 2 is 2.42 bits per heavy atom. The molecule has 1 rings (SSSR count). The maximum Gasteiger partial charge on any atom is 0.106 e. The summed E-state index contributed by atoms with van der Waals surface area (Å²) in [6.07, 6.45) is 3.82. The molecule has 0 bridgehead atoms. The van der Waals surface area contributed by atoms with Crippen LogP contribution in [0.4, 0.5) is 0 Å². The molecule has 1 aliphatic rings. The van der Waals surface area contributed by atoms with E-state index in [2.05, 4.69) is 17.9 Å². The van der Waals surface area contributed by atoms with Crippen LogP contribution >= 0.6 is 0 Å². The second-order valence-corrected chi connectivity index (χ2v) is 3.58. The average molecular weight is 167 g/mol. The maximum atomic E-state index is 8.55. The van der Waals surface area contributed by atoms with Gasteiger partial charge in [0.1, 0.15) is 6.04 Å². The summed E-state index contributed by atoms with van der Waals surface area (Å²) in [5.74, 6) is 0. The summed E-state index contributed by atoms with van der Waals surface area (Å²) >= 11 is 0. The van der Waals surface area contributed by atoms with Gasteiger partial charge in [-0.2, -0.15) is 5.26 Å². The first-order valence-electron chi connectivity index (χ1n) is 4.63. The van der Waals surface area contributed by atoms with Gasteiger partial charge >= 0.3 is 0 Å². The van der Waals surface area contributed by atoms with E-state index in [1.54, 1.807) is 0 Å². The van der Waals surface area contributed by atoms with Crippen molar-refractivity contribution in [2.45, 2.75) is 38.3 Å². The fourth-order valence-corrected chi connectivity index (χ4v) is 1.72. The highest BCUT2D eigenvalue weighted by molar-refractivity contribution is 4.90. The van der Waals surface area contributed by atoms with Crippen LogP contribution in [0.2, 0.25) is 0 Å². The first kappa shape index (κ1) is 9.50. The Kier molecular flexibility index (Phi) is 3.51. The molecule has 1 heterocycles. The van der Waals surface area contributed by atoms with Gasteiger partial charge in [0.25, 0.3) is 0 Å². The van der Waals surface area contributed by atoms with Gasteiger partial charge in [-0.15, -0.1) is 0 Å². The summed E-state index contributed by atoms with van der Waals surface area (Å²) in [4.78, 5) is 2.32. The average Bonchev–Trinajstić information content (AvgIpc) is 2.09. The lowest BCUT2D eigenvalue weighted by atomic mass is 10.0. The van der Waals surface area contributed by atoms with E-state index in [0.717, 1.165) is 13.1 Å². The molecule has 0 aliphatic carbocycles. The largest absolute Gasteiger partial charge is 0.315 e. The summed E-state index contributed by atoms with van der Waals surface area (Å²) in [6.45, 7) is 4.05. The van der Waals surface area contributed by atoms with E-state index in [9.17, 15) is 0 Å². The van der Waals surface area contributed by atoms with Gasteiger partial charge in [-0.05, 0) is 26.3 Å². The van der Waals surface area contributed by atoms with Crippen LogP contribution in [0.3, 0.4) is 0 Å². The Bertz CT molecular complexity index is 173. The third kappa shape index (κ3) is 2.47. The van der Waals surface area contributed by atoms with Crippen LogP contribution in [0.1, 0.15) is 26.2 Å². The molecule has 3 nitrogen and oxygen atoms in total. The van der Waals surface area contributed by atoms with Crippen molar-refractivity contribution in [1.29, 1.82) is 5.26 Å². The summed E-state index contributed by atoms with van der Waals surface area (Å²) in [5.41, 5.74) is 5.56. The van der Waals surface area contributed by atoms with Crippen LogP contribution in [0.5, 0.6) is 0 Å². The van der Waals surface area contributed by atoms with E-state index in [-0.39, 0.29) is 6.04 Å². The minimum Gasteiger partial charge on any atom is -0.315 e. The van der Waals surface area contributed by atoms with E-state index in [1.807, 2.05) is 0 Å². The van der Waals surface area contributed by atoms with Crippen molar-refractivity contribution in [2.75, 3.05) is 13.1 Å². The van der Waals surface area contributed by atoms with Crippen molar-refractivity contribution in [3.63, 3.8) is 0 Å².